The minimum Gasteiger partial charge on any atom is -0.307 e. The molecule has 0 saturated carbocycles. The summed E-state index contributed by atoms with van der Waals surface area (Å²) in [6.07, 6.45) is 0. The zero-order valence-electron chi connectivity index (χ0n) is 6.42. The molecule has 0 aliphatic carbocycles. The van der Waals surface area contributed by atoms with Crippen molar-refractivity contribution in [2.75, 3.05) is 0 Å². The molecule has 1 aromatic carbocycles. The van der Waals surface area contributed by atoms with E-state index in [-0.39, 0.29) is 0 Å². The molecule has 0 aliphatic rings. The normalized spacial score (nSPS) is 7.80. The van der Waals surface area contributed by atoms with Crippen LogP contribution in [0.25, 0.3) is 0 Å². The highest BCUT2D eigenvalue weighted by Crippen LogP contribution is 2.00. The Kier molecular flexibility index (Phi) is 4.21. The zero-order chi connectivity index (χ0) is 7.98. The van der Waals surface area contributed by atoms with Crippen LogP contribution in [0.2, 0.25) is 0 Å². The number of aryl methyl sites for hydroxylation is 2. The van der Waals surface area contributed by atoms with Crippen molar-refractivity contribution in [3.05, 3.63) is 35.4 Å². The van der Waals surface area contributed by atoms with Crippen LogP contribution >= 0.6 is 0 Å². The summed E-state index contributed by atoms with van der Waals surface area (Å²) >= 11 is 0. The number of hydrogen-bond donors (Lipinski definition) is 0. The molecule has 1 aromatic rings. The first-order valence-corrected chi connectivity index (χ1v) is 3.11. The number of carbonyl (C=O) groups excluding carboxylic acids is 1. The van der Waals surface area contributed by atoms with Crippen molar-refractivity contribution in [2.24, 2.45) is 0 Å². The van der Waals surface area contributed by atoms with Crippen LogP contribution in [-0.4, -0.2) is 6.79 Å². The van der Waals surface area contributed by atoms with Gasteiger partial charge in [0.2, 0.25) is 0 Å². The van der Waals surface area contributed by atoms with E-state index in [0.717, 1.165) is 0 Å². The van der Waals surface area contributed by atoms with E-state index >= 15 is 0 Å². The highest BCUT2D eigenvalue weighted by Gasteiger charge is 1.80. The summed E-state index contributed by atoms with van der Waals surface area (Å²) in [5.41, 5.74) is 2.68. The third-order valence-corrected chi connectivity index (χ3v) is 1.17. The van der Waals surface area contributed by atoms with E-state index in [2.05, 4.69) is 38.1 Å². The van der Waals surface area contributed by atoms with Gasteiger partial charge in [-0.3, -0.25) is 0 Å². The van der Waals surface area contributed by atoms with Gasteiger partial charge in [0.05, 0.1) is 0 Å². The highest BCUT2D eigenvalue weighted by atomic mass is 16.1. The summed E-state index contributed by atoms with van der Waals surface area (Å²) in [6.45, 7) is 6.21. The average molecular weight is 136 g/mol. The smallest absolute Gasteiger partial charge is 0.106 e. The summed E-state index contributed by atoms with van der Waals surface area (Å²) in [4.78, 5) is 8.00. The van der Waals surface area contributed by atoms with Crippen LogP contribution in [0.4, 0.5) is 0 Å². The lowest BCUT2D eigenvalue weighted by molar-refractivity contribution is -0.0979. The van der Waals surface area contributed by atoms with E-state index in [9.17, 15) is 0 Å². The van der Waals surface area contributed by atoms with Gasteiger partial charge < -0.3 is 4.79 Å². The number of rotatable bonds is 0. The van der Waals surface area contributed by atoms with Crippen molar-refractivity contribution < 1.29 is 4.79 Å². The second-order valence-electron chi connectivity index (χ2n) is 2.16. The maximum Gasteiger partial charge on any atom is 0.106 e. The van der Waals surface area contributed by atoms with Crippen LogP contribution in [0.3, 0.4) is 0 Å². The van der Waals surface area contributed by atoms with Gasteiger partial charge in [0, 0.05) is 0 Å². The van der Waals surface area contributed by atoms with Crippen molar-refractivity contribution in [3.8, 4) is 0 Å². The molecule has 0 aliphatic heterocycles. The maximum atomic E-state index is 8.00. The number of benzene rings is 1. The van der Waals surface area contributed by atoms with E-state index in [0.29, 0.717) is 0 Å². The Hall–Kier alpha value is -1.11. The lowest BCUT2D eigenvalue weighted by atomic mass is 10.2. The summed E-state index contributed by atoms with van der Waals surface area (Å²) in [5.74, 6) is 0. The first-order chi connectivity index (χ1) is 4.79. The van der Waals surface area contributed by atoms with Crippen molar-refractivity contribution >= 4 is 6.79 Å². The van der Waals surface area contributed by atoms with E-state index in [4.69, 9.17) is 4.79 Å². The highest BCUT2D eigenvalue weighted by molar-refractivity contribution is 5.20. The van der Waals surface area contributed by atoms with Crippen LogP contribution in [0.15, 0.2) is 24.3 Å². The Morgan fingerprint density at radius 2 is 1.50 bits per heavy atom. The molecule has 0 amide bonds. The zero-order valence-corrected chi connectivity index (χ0v) is 6.42. The van der Waals surface area contributed by atoms with Crippen molar-refractivity contribution in [3.63, 3.8) is 0 Å². The summed E-state index contributed by atoms with van der Waals surface area (Å²) < 4.78 is 0. The molecule has 0 bridgehead atoms. The fraction of sp³-hybridized carbons (Fsp3) is 0.222. The average Bonchev–Trinajstić information content (AvgIpc) is 1.91. The van der Waals surface area contributed by atoms with Gasteiger partial charge in [-0.05, 0) is 13.8 Å². The lowest BCUT2D eigenvalue weighted by Gasteiger charge is -1.90. The van der Waals surface area contributed by atoms with E-state index in [1.165, 1.54) is 11.1 Å². The monoisotopic (exact) mass is 136 g/mol. The van der Waals surface area contributed by atoms with Gasteiger partial charge in [-0.15, -0.1) is 0 Å². The molecule has 1 heteroatoms. The summed E-state index contributed by atoms with van der Waals surface area (Å²) in [7, 11) is 0. The Morgan fingerprint density at radius 3 is 1.70 bits per heavy atom. The predicted octanol–water partition coefficient (Wildman–Crippen LogP) is 2.12. The molecular weight excluding hydrogens is 124 g/mol. The first kappa shape index (κ1) is 8.89. The minimum absolute atomic E-state index is 1.34. The van der Waals surface area contributed by atoms with Gasteiger partial charge in [-0.25, -0.2) is 0 Å². The second-order valence-corrected chi connectivity index (χ2v) is 2.16. The SMILES string of the molecule is C=O.Cc1cccc(C)c1. The van der Waals surface area contributed by atoms with Crippen LogP contribution in [0.5, 0.6) is 0 Å². The Morgan fingerprint density at radius 1 is 1.10 bits per heavy atom. The number of hydrogen-bond acceptors (Lipinski definition) is 1. The van der Waals surface area contributed by atoms with Crippen LogP contribution in [-0.2, 0) is 4.79 Å². The van der Waals surface area contributed by atoms with E-state index in [1.54, 1.807) is 0 Å². The third kappa shape index (κ3) is 3.02. The Labute approximate surface area is 61.7 Å². The fourth-order valence-electron chi connectivity index (χ4n) is 0.807. The molecule has 0 fully saturated rings. The third-order valence-electron chi connectivity index (χ3n) is 1.17. The molecule has 54 valence electrons. The molecule has 1 nitrogen and oxygen atoms in total. The van der Waals surface area contributed by atoms with Gasteiger partial charge >= 0.3 is 0 Å². The fourth-order valence-corrected chi connectivity index (χ4v) is 0.807. The van der Waals surface area contributed by atoms with E-state index in [1.807, 2.05) is 6.79 Å². The molecule has 0 aromatic heterocycles. The first-order valence-electron chi connectivity index (χ1n) is 3.11. The molecule has 0 saturated heterocycles. The number of carbonyl (C=O) groups is 1. The summed E-state index contributed by atoms with van der Waals surface area (Å²) in [5, 5.41) is 0. The van der Waals surface area contributed by atoms with Crippen LogP contribution < -0.4 is 0 Å². The summed E-state index contributed by atoms with van der Waals surface area (Å²) in [6, 6.07) is 8.45. The molecule has 0 atom stereocenters. The van der Waals surface area contributed by atoms with Crippen molar-refractivity contribution in [2.45, 2.75) is 13.8 Å². The molecular formula is C9H12O. The van der Waals surface area contributed by atoms with E-state index < -0.39 is 0 Å². The Bertz CT molecular complexity index is 176. The predicted molar refractivity (Wildman–Crippen MR) is 43.0 cm³/mol. The lowest BCUT2D eigenvalue weighted by Crippen LogP contribution is -1.71. The van der Waals surface area contributed by atoms with Crippen molar-refractivity contribution in [1.29, 1.82) is 0 Å². The standard InChI is InChI=1S/C8H10.CH2O/c1-7-4-3-5-8(2)6-7;1-2/h3-6H,1-2H3;1H2. The molecule has 0 radical (unpaired) electrons. The molecule has 0 unspecified atom stereocenters. The molecule has 1 rings (SSSR count). The van der Waals surface area contributed by atoms with Crippen LogP contribution in [0, 0.1) is 13.8 Å². The van der Waals surface area contributed by atoms with Crippen molar-refractivity contribution in [1.82, 2.24) is 0 Å². The quantitative estimate of drug-likeness (QED) is 0.534. The van der Waals surface area contributed by atoms with Gasteiger partial charge in [0.15, 0.2) is 0 Å². The molecule has 10 heavy (non-hydrogen) atoms. The molecule has 0 heterocycles. The van der Waals surface area contributed by atoms with Gasteiger partial charge in [0.25, 0.3) is 0 Å². The van der Waals surface area contributed by atoms with Crippen LogP contribution in [0.1, 0.15) is 11.1 Å². The maximum absolute atomic E-state index is 8.00. The molecule has 0 N–H and O–H groups in total. The van der Waals surface area contributed by atoms with Gasteiger partial charge in [-0.2, -0.15) is 0 Å². The van der Waals surface area contributed by atoms with Gasteiger partial charge in [-0.1, -0.05) is 35.4 Å². The minimum atomic E-state index is 1.34. The second kappa shape index (κ2) is 4.74. The van der Waals surface area contributed by atoms with Gasteiger partial charge in [0.1, 0.15) is 6.79 Å². The molecule has 0 spiro atoms. The Balaban J connectivity index is 0.000000371. The largest absolute Gasteiger partial charge is 0.307 e. The topological polar surface area (TPSA) is 17.1 Å².